The number of carbonyl (C=O) groups excluding carboxylic acids is 1. The smallest absolute Gasteiger partial charge is 0.337 e. The molecule has 0 saturated carbocycles. The molecule has 0 aliphatic carbocycles. The molecule has 15 heavy (non-hydrogen) atoms. The molecule has 2 N–H and O–H groups in total. The average Bonchev–Trinajstić information content (AvgIpc) is 2.27. The summed E-state index contributed by atoms with van der Waals surface area (Å²) in [6.45, 7) is 2.79. The van der Waals surface area contributed by atoms with E-state index in [-0.39, 0.29) is 5.97 Å². The van der Waals surface area contributed by atoms with Crippen LogP contribution in [0.5, 0.6) is 5.75 Å². The van der Waals surface area contributed by atoms with Gasteiger partial charge in [-0.15, -0.1) is 0 Å². The Morgan fingerprint density at radius 1 is 1.47 bits per heavy atom. The molecule has 82 valence electrons. The van der Waals surface area contributed by atoms with E-state index in [1.807, 2.05) is 13.0 Å². The van der Waals surface area contributed by atoms with Crippen molar-refractivity contribution in [2.75, 3.05) is 20.3 Å². The zero-order chi connectivity index (χ0) is 11.3. The number of esters is 1. The molecule has 4 nitrogen and oxygen atoms in total. The predicted molar refractivity (Wildman–Crippen MR) is 57.1 cm³/mol. The van der Waals surface area contributed by atoms with E-state index in [0.717, 1.165) is 5.56 Å². The number of hydrogen-bond acceptors (Lipinski definition) is 4. The third kappa shape index (κ3) is 2.95. The van der Waals surface area contributed by atoms with E-state index in [0.29, 0.717) is 24.5 Å². The first-order valence-corrected chi connectivity index (χ1v) is 4.71. The Kier molecular flexibility index (Phi) is 4.12. The molecule has 0 aromatic heterocycles. The van der Waals surface area contributed by atoms with Crippen LogP contribution in [0.25, 0.3) is 0 Å². The first kappa shape index (κ1) is 11.5. The van der Waals surface area contributed by atoms with Crippen molar-refractivity contribution in [3.8, 4) is 5.75 Å². The lowest BCUT2D eigenvalue weighted by Crippen LogP contribution is -2.11. The lowest BCUT2D eigenvalue weighted by atomic mass is 10.1. The molecule has 0 heterocycles. The van der Waals surface area contributed by atoms with Crippen LogP contribution < -0.4 is 10.5 Å². The van der Waals surface area contributed by atoms with Crippen molar-refractivity contribution < 1.29 is 14.3 Å². The summed E-state index contributed by atoms with van der Waals surface area (Å²) in [7, 11) is 1.35. The molecular weight excluding hydrogens is 194 g/mol. The van der Waals surface area contributed by atoms with Gasteiger partial charge in [0.15, 0.2) is 0 Å². The van der Waals surface area contributed by atoms with Crippen LogP contribution in [0, 0.1) is 6.92 Å². The second-order valence-electron chi connectivity index (χ2n) is 3.11. The van der Waals surface area contributed by atoms with Crippen LogP contribution in [0.1, 0.15) is 15.9 Å². The second-order valence-corrected chi connectivity index (χ2v) is 3.11. The minimum atomic E-state index is -0.368. The Morgan fingerprint density at radius 3 is 2.80 bits per heavy atom. The van der Waals surface area contributed by atoms with Gasteiger partial charge >= 0.3 is 5.97 Å². The van der Waals surface area contributed by atoms with E-state index in [1.165, 1.54) is 7.11 Å². The first-order valence-electron chi connectivity index (χ1n) is 4.71. The number of methoxy groups -OCH3 is 1. The SMILES string of the molecule is COC(=O)c1ccc(C)c(OCCN)c1. The van der Waals surface area contributed by atoms with Gasteiger partial charge in [-0.2, -0.15) is 0 Å². The van der Waals surface area contributed by atoms with Gasteiger partial charge in [-0.1, -0.05) is 6.07 Å². The van der Waals surface area contributed by atoms with Gasteiger partial charge in [0.05, 0.1) is 12.7 Å². The van der Waals surface area contributed by atoms with E-state index < -0.39 is 0 Å². The summed E-state index contributed by atoms with van der Waals surface area (Å²) in [5, 5.41) is 0. The van der Waals surface area contributed by atoms with Crippen LogP contribution in [0.3, 0.4) is 0 Å². The second kappa shape index (κ2) is 5.36. The Balaban J connectivity index is 2.89. The highest BCUT2D eigenvalue weighted by molar-refractivity contribution is 5.89. The van der Waals surface area contributed by atoms with Crippen LogP contribution in [-0.2, 0) is 4.74 Å². The predicted octanol–water partition coefficient (Wildman–Crippen LogP) is 1.12. The van der Waals surface area contributed by atoms with E-state index in [9.17, 15) is 4.79 Å². The molecule has 0 amide bonds. The number of nitrogens with two attached hydrogens (primary N) is 1. The fourth-order valence-corrected chi connectivity index (χ4v) is 1.17. The minimum absolute atomic E-state index is 0.368. The Hall–Kier alpha value is -1.55. The monoisotopic (exact) mass is 209 g/mol. The Labute approximate surface area is 89.0 Å². The molecule has 0 radical (unpaired) electrons. The molecule has 0 aliphatic rings. The molecule has 1 aromatic rings. The van der Waals surface area contributed by atoms with Gasteiger partial charge in [0.25, 0.3) is 0 Å². The van der Waals surface area contributed by atoms with Crippen LogP contribution in [-0.4, -0.2) is 26.2 Å². The van der Waals surface area contributed by atoms with Crippen molar-refractivity contribution >= 4 is 5.97 Å². The standard InChI is InChI=1S/C11H15NO3/c1-8-3-4-9(11(13)14-2)7-10(8)15-6-5-12/h3-4,7H,5-6,12H2,1-2H3. The fourth-order valence-electron chi connectivity index (χ4n) is 1.17. The van der Waals surface area contributed by atoms with Gasteiger partial charge in [0.1, 0.15) is 12.4 Å². The number of ether oxygens (including phenoxy) is 2. The molecule has 0 unspecified atom stereocenters. The average molecular weight is 209 g/mol. The van der Waals surface area contributed by atoms with E-state index in [1.54, 1.807) is 12.1 Å². The lowest BCUT2D eigenvalue weighted by Gasteiger charge is -2.09. The molecule has 0 aliphatic heterocycles. The lowest BCUT2D eigenvalue weighted by molar-refractivity contribution is 0.0600. The summed E-state index contributed by atoms with van der Waals surface area (Å²) in [5.74, 6) is 0.302. The molecule has 0 saturated heterocycles. The van der Waals surface area contributed by atoms with E-state index in [2.05, 4.69) is 4.74 Å². The van der Waals surface area contributed by atoms with Crippen LogP contribution in [0.2, 0.25) is 0 Å². The molecular formula is C11H15NO3. The number of hydrogen-bond donors (Lipinski definition) is 1. The minimum Gasteiger partial charge on any atom is -0.492 e. The molecule has 0 fully saturated rings. The number of rotatable bonds is 4. The van der Waals surface area contributed by atoms with E-state index >= 15 is 0 Å². The highest BCUT2D eigenvalue weighted by atomic mass is 16.5. The van der Waals surface area contributed by atoms with Gasteiger partial charge in [-0.3, -0.25) is 0 Å². The van der Waals surface area contributed by atoms with Crippen LogP contribution in [0.15, 0.2) is 18.2 Å². The molecule has 4 heteroatoms. The normalized spacial score (nSPS) is 9.80. The van der Waals surface area contributed by atoms with Crippen molar-refractivity contribution in [2.45, 2.75) is 6.92 Å². The van der Waals surface area contributed by atoms with Crippen LogP contribution >= 0.6 is 0 Å². The van der Waals surface area contributed by atoms with Crippen molar-refractivity contribution in [1.82, 2.24) is 0 Å². The van der Waals surface area contributed by atoms with Crippen LogP contribution in [0.4, 0.5) is 0 Å². The maximum Gasteiger partial charge on any atom is 0.337 e. The van der Waals surface area contributed by atoms with Gasteiger partial charge in [-0.25, -0.2) is 4.79 Å². The summed E-state index contributed by atoms with van der Waals surface area (Å²) in [6.07, 6.45) is 0. The zero-order valence-electron chi connectivity index (χ0n) is 8.95. The maximum absolute atomic E-state index is 11.2. The fraction of sp³-hybridized carbons (Fsp3) is 0.364. The molecule has 0 spiro atoms. The summed E-state index contributed by atoms with van der Waals surface area (Å²) in [5.41, 5.74) is 6.78. The largest absolute Gasteiger partial charge is 0.492 e. The summed E-state index contributed by atoms with van der Waals surface area (Å²) in [4.78, 5) is 11.2. The summed E-state index contributed by atoms with van der Waals surface area (Å²) < 4.78 is 10.0. The Bertz CT molecular complexity index is 350. The molecule has 0 atom stereocenters. The van der Waals surface area contributed by atoms with Crippen molar-refractivity contribution in [3.63, 3.8) is 0 Å². The van der Waals surface area contributed by atoms with Gasteiger partial charge in [0, 0.05) is 6.54 Å². The number of aryl methyl sites for hydroxylation is 1. The van der Waals surface area contributed by atoms with Gasteiger partial charge < -0.3 is 15.2 Å². The van der Waals surface area contributed by atoms with Gasteiger partial charge in [0.2, 0.25) is 0 Å². The van der Waals surface area contributed by atoms with Gasteiger partial charge in [-0.05, 0) is 24.6 Å². The topological polar surface area (TPSA) is 61.5 Å². The van der Waals surface area contributed by atoms with Crippen molar-refractivity contribution in [3.05, 3.63) is 29.3 Å². The number of benzene rings is 1. The first-order chi connectivity index (χ1) is 7.19. The highest BCUT2D eigenvalue weighted by Crippen LogP contribution is 2.19. The van der Waals surface area contributed by atoms with Crippen molar-refractivity contribution in [1.29, 1.82) is 0 Å². The quantitative estimate of drug-likeness (QED) is 0.755. The summed E-state index contributed by atoms with van der Waals surface area (Å²) >= 11 is 0. The molecule has 0 bridgehead atoms. The third-order valence-electron chi connectivity index (χ3n) is 1.98. The maximum atomic E-state index is 11.2. The number of carbonyl (C=O) groups is 1. The van der Waals surface area contributed by atoms with E-state index in [4.69, 9.17) is 10.5 Å². The Morgan fingerprint density at radius 2 is 2.20 bits per heavy atom. The molecule has 1 rings (SSSR count). The summed E-state index contributed by atoms with van der Waals surface area (Å²) in [6, 6.07) is 5.19. The zero-order valence-corrected chi connectivity index (χ0v) is 8.95. The highest BCUT2D eigenvalue weighted by Gasteiger charge is 2.08. The van der Waals surface area contributed by atoms with Crippen molar-refractivity contribution in [2.24, 2.45) is 5.73 Å². The molecule has 1 aromatic carbocycles. The third-order valence-corrected chi connectivity index (χ3v) is 1.98.